The van der Waals surface area contributed by atoms with E-state index in [4.69, 9.17) is 0 Å². The number of non-ortho nitro benzene ring substituents is 1. The lowest BCUT2D eigenvalue weighted by Crippen LogP contribution is -2.22. The monoisotopic (exact) mass is 389 g/mol. The zero-order valence-electron chi connectivity index (χ0n) is 15.2. The van der Waals surface area contributed by atoms with Crippen LogP contribution in [0, 0.1) is 16.0 Å². The smallest absolute Gasteiger partial charge is 0.269 e. The van der Waals surface area contributed by atoms with Crippen molar-refractivity contribution in [3.05, 3.63) is 40.2 Å². The van der Waals surface area contributed by atoms with Gasteiger partial charge in [0.1, 0.15) is 5.82 Å². The number of H-pyrrole nitrogens is 1. The van der Waals surface area contributed by atoms with Gasteiger partial charge in [-0.05, 0) is 31.4 Å². The van der Waals surface area contributed by atoms with Crippen molar-refractivity contribution in [2.45, 2.75) is 55.9 Å². The van der Waals surface area contributed by atoms with Crippen molar-refractivity contribution >= 4 is 29.0 Å². The average molecular weight is 389 g/mol. The fraction of sp³-hybridized carbons (Fsp3) is 0.500. The molecule has 0 saturated heterocycles. The number of anilines is 1. The summed E-state index contributed by atoms with van der Waals surface area (Å²) in [5.74, 6) is 1.47. The number of benzene rings is 1. The molecule has 1 aliphatic carbocycles. The van der Waals surface area contributed by atoms with Crippen molar-refractivity contribution in [2.75, 3.05) is 5.32 Å². The van der Waals surface area contributed by atoms with Gasteiger partial charge in [0.2, 0.25) is 11.1 Å². The molecule has 2 aromatic rings. The maximum Gasteiger partial charge on any atom is 0.269 e. The molecule has 9 heteroatoms. The maximum absolute atomic E-state index is 12.3. The van der Waals surface area contributed by atoms with Gasteiger partial charge >= 0.3 is 0 Å². The Kier molecular flexibility index (Phi) is 6.44. The Labute approximate surface area is 161 Å². The summed E-state index contributed by atoms with van der Waals surface area (Å²) in [6.07, 6.45) is 7.33. The number of hydrogen-bond donors (Lipinski definition) is 2. The van der Waals surface area contributed by atoms with Crippen LogP contribution in [0.15, 0.2) is 29.4 Å². The van der Waals surface area contributed by atoms with E-state index in [1.54, 1.807) is 6.92 Å². The first-order valence-corrected chi connectivity index (χ1v) is 10.0. The van der Waals surface area contributed by atoms with E-state index in [1.165, 1.54) is 61.7 Å². The molecule has 27 heavy (non-hydrogen) atoms. The van der Waals surface area contributed by atoms with Gasteiger partial charge in [-0.2, -0.15) is 0 Å². The number of carbonyl (C=O) groups is 1. The second kappa shape index (κ2) is 8.98. The number of nitro benzene ring substituents is 1. The molecule has 1 saturated carbocycles. The summed E-state index contributed by atoms with van der Waals surface area (Å²) < 4.78 is 0. The number of aromatic amines is 1. The Bertz CT molecular complexity index is 787. The molecule has 1 fully saturated rings. The Morgan fingerprint density at radius 1 is 1.37 bits per heavy atom. The molecule has 1 amide bonds. The summed E-state index contributed by atoms with van der Waals surface area (Å²) in [5.41, 5.74) is 0.506. The van der Waals surface area contributed by atoms with Gasteiger partial charge < -0.3 is 5.32 Å². The second-order valence-electron chi connectivity index (χ2n) is 6.81. The van der Waals surface area contributed by atoms with Gasteiger partial charge in [-0.15, -0.1) is 5.10 Å². The predicted molar refractivity (Wildman–Crippen MR) is 104 cm³/mol. The predicted octanol–water partition coefficient (Wildman–Crippen LogP) is 3.96. The third-order valence-electron chi connectivity index (χ3n) is 4.77. The molecule has 8 nitrogen and oxygen atoms in total. The molecule has 144 valence electrons. The molecule has 1 aromatic heterocycles. The molecule has 0 aliphatic heterocycles. The van der Waals surface area contributed by atoms with Gasteiger partial charge in [0.25, 0.3) is 5.69 Å². The van der Waals surface area contributed by atoms with Gasteiger partial charge in [0, 0.05) is 24.2 Å². The fourth-order valence-electron chi connectivity index (χ4n) is 3.20. The van der Waals surface area contributed by atoms with Crippen LogP contribution in [0.1, 0.15) is 44.9 Å². The van der Waals surface area contributed by atoms with E-state index in [0.29, 0.717) is 10.8 Å². The SMILES string of the molecule is CC(Sc1n[nH]c(CCC2CCCC2)n1)C(=O)Nc1ccc([N+](=O)[O-])cc1. The van der Waals surface area contributed by atoms with Crippen LogP contribution in [-0.2, 0) is 11.2 Å². The van der Waals surface area contributed by atoms with Crippen LogP contribution >= 0.6 is 11.8 Å². The van der Waals surface area contributed by atoms with Crippen molar-refractivity contribution < 1.29 is 9.72 Å². The molecular weight excluding hydrogens is 366 g/mol. The quantitative estimate of drug-likeness (QED) is 0.401. The summed E-state index contributed by atoms with van der Waals surface area (Å²) in [7, 11) is 0. The lowest BCUT2D eigenvalue weighted by molar-refractivity contribution is -0.384. The fourth-order valence-corrected chi connectivity index (χ4v) is 3.95. The highest BCUT2D eigenvalue weighted by Crippen LogP contribution is 2.28. The van der Waals surface area contributed by atoms with E-state index in [1.807, 2.05) is 0 Å². The first kappa shape index (κ1) is 19.3. The summed E-state index contributed by atoms with van der Waals surface area (Å²) in [5, 5.41) is 20.7. The zero-order chi connectivity index (χ0) is 19.2. The van der Waals surface area contributed by atoms with Crippen molar-refractivity contribution in [3.8, 4) is 0 Å². The highest BCUT2D eigenvalue weighted by Gasteiger charge is 2.19. The van der Waals surface area contributed by atoms with Crippen LogP contribution < -0.4 is 5.32 Å². The Morgan fingerprint density at radius 2 is 2.07 bits per heavy atom. The van der Waals surface area contributed by atoms with Crippen molar-refractivity contribution in [3.63, 3.8) is 0 Å². The third kappa shape index (κ3) is 5.53. The Balaban J connectivity index is 1.48. The van der Waals surface area contributed by atoms with Crippen LogP contribution in [-0.4, -0.2) is 31.3 Å². The van der Waals surface area contributed by atoms with Gasteiger partial charge in [-0.3, -0.25) is 20.0 Å². The van der Waals surface area contributed by atoms with Crippen LogP contribution in [0.25, 0.3) is 0 Å². The number of carbonyl (C=O) groups excluding carboxylic acids is 1. The molecule has 1 atom stereocenters. The molecule has 0 bridgehead atoms. The molecule has 2 N–H and O–H groups in total. The lowest BCUT2D eigenvalue weighted by atomic mass is 10.0. The number of nitrogens with zero attached hydrogens (tertiary/aromatic N) is 3. The number of thioether (sulfide) groups is 1. The molecule has 1 unspecified atom stereocenters. The van der Waals surface area contributed by atoms with Crippen LogP contribution in [0.3, 0.4) is 0 Å². The van der Waals surface area contributed by atoms with Crippen LogP contribution in [0.2, 0.25) is 0 Å². The largest absolute Gasteiger partial charge is 0.325 e. The molecule has 0 spiro atoms. The van der Waals surface area contributed by atoms with E-state index in [9.17, 15) is 14.9 Å². The van der Waals surface area contributed by atoms with E-state index in [0.717, 1.165) is 24.6 Å². The summed E-state index contributed by atoms with van der Waals surface area (Å²) in [6, 6.07) is 5.75. The summed E-state index contributed by atoms with van der Waals surface area (Å²) in [4.78, 5) is 27.0. The van der Waals surface area contributed by atoms with E-state index >= 15 is 0 Å². The van der Waals surface area contributed by atoms with E-state index in [2.05, 4.69) is 20.5 Å². The number of nitro groups is 1. The minimum atomic E-state index is -0.475. The number of rotatable bonds is 8. The van der Waals surface area contributed by atoms with Crippen molar-refractivity contribution in [1.29, 1.82) is 0 Å². The number of aryl methyl sites for hydroxylation is 1. The van der Waals surface area contributed by atoms with Gasteiger partial charge in [-0.25, -0.2) is 4.98 Å². The van der Waals surface area contributed by atoms with E-state index < -0.39 is 10.2 Å². The van der Waals surface area contributed by atoms with Crippen molar-refractivity contribution in [2.24, 2.45) is 5.92 Å². The number of amides is 1. The minimum absolute atomic E-state index is 0.0127. The van der Waals surface area contributed by atoms with E-state index in [-0.39, 0.29) is 11.6 Å². The molecular formula is C18H23N5O3S. The normalized spacial score (nSPS) is 15.6. The summed E-state index contributed by atoms with van der Waals surface area (Å²) >= 11 is 1.28. The standard InChI is InChI=1S/C18H23N5O3S/c1-12(17(24)19-14-7-9-15(10-8-14)23(25)26)27-18-20-16(21-22-18)11-6-13-4-2-3-5-13/h7-10,12-13H,2-6,11H2,1H3,(H,19,24)(H,20,21,22). The van der Waals surface area contributed by atoms with Crippen LogP contribution in [0.4, 0.5) is 11.4 Å². The van der Waals surface area contributed by atoms with Gasteiger partial charge in [0.15, 0.2) is 0 Å². The van der Waals surface area contributed by atoms with Crippen LogP contribution in [0.5, 0.6) is 0 Å². The molecule has 1 heterocycles. The molecule has 3 rings (SSSR count). The highest BCUT2D eigenvalue weighted by molar-refractivity contribution is 8.00. The Hall–Kier alpha value is -2.42. The molecule has 1 aliphatic rings. The van der Waals surface area contributed by atoms with Crippen molar-refractivity contribution in [1.82, 2.24) is 15.2 Å². The maximum atomic E-state index is 12.3. The third-order valence-corrected chi connectivity index (χ3v) is 5.73. The number of nitrogens with one attached hydrogen (secondary N) is 2. The molecule has 0 radical (unpaired) electrons. The van der Waals surface area contributed by atoms with Gasteiger partial charge in [-0.1, -0.05) is 37.4 Å². The summed E-state index contributed by atoms with van der Waals surface area (Å²) in [6.45, 7) is 1.78. The lowest BCUT2D eigenvalue weighted by Gasteiger charge is -2.10. The first-order valence-electron chi connectivity index (χ1n) is 9.14. The molecule has 1 aromatic carbocycles. The van der Waals surface area contributed by atoms with Gasteiger partial charge in [0.05, 0.1) is 10.2 Å². The zero-order valence-corrected chi connectivity index (χ0v) is 16.0. The minimum Gasteiger partial charge on any atom is -0.325 e. The number of aromatic nitrogens is 3. The first-order chi connectivity index (χ1) is 13.0. The highest BCUT2D eigenvalue weighted by atomic mass is 32.2. The average Bonchev–Trinajstić information content (AvgIpc) is 3.32. The topological polar surface area (TPSA) is 114 Å². The number of hydrogen-bond acceptors (Lipinski definition) is 6. The second-order valence-corrected chi connectivity index (χ2v) is 8.12. The Morgan fingerprint density at radius 3 is 2.74 bits per heavy atom.